The van der Waals surface area contributed by atoms with Gasteiger partial charge in [0.15, 0.2) is 5.82 Å². The number of anilines is 2. The van der Waals surface area contributed by atoms with Crippen LogP contribution in [-0.2, 0) is 10.0 Å². The summed E-state index contributed by atoms with van der Waals surface area (Å²) in [6.45, 7) is 0.837. The first-order valence-corrected chi connectivity index (χ1v) is 9.72. The van der Waals surface area contributed by atoms with E-state index in [1.165, 1.54) is 27.5 Å². The van der Waals surface area contributed by atoms with Crippen LogP contribution in [0.25, 0.3) is 0 Å². The number of hydrogen-bond donors (Lipinski definition) is 0. The predicted molar refractivity (Wildman–Crippen MR) is 94.5 cm³/mol. The molecule has 0 unspecified atom stereocenters. The molecule has 0 amide bonds. The maximum absolute atomic E-state index is 13.8. The maximum atomic E-state index is 13.8. The van der Waals surface area contributed by atoms with Crippen LogP contribution in [0.1, 0.15) is 12.8 Å². The van der Waals surface area contributed by atoms with Gasteiger partial charge in [0.25, 0.3) is 0 Å². The normalized spacial score (nSPS) is 15.5. The number of sulfonamides is 1. The first-order chi connectivity index (χ1) is 11.8. The van der Waals surface area contributed by atoms with E-state index in [1.54, 1.807) is 7.05 Å². The molecule has 6 nitrogen and oxygen atoms in total. The lowest BCUT2D eigenvalue weighted by atomic mass is 10.3. The molecule has 134 valence electrons. The molecular formula is C15H15Cl2FN4O2S. The number of nitrogens with zero attached hydrogens (tertiary/aromatic N) is 4. The molecule has 3 rings (SSSR count). The van der Waals surface area contributed by atoms with Gasteiger partial charge in [0.2, 0.25) is 15.3 Å². The molecule has 25 heavy (non-hydrogen) atoms. The van der Waals surface area contributed by atoms with Crippen LogP contribution in [0.3, 0.4) is 0 Å². The van der Waals surface area contributed by atoms with Crippen molar-refractivity contribution in [2.75, 3.05) is 25.0 Å². The highest BCUT2D eigenvalue weighted by Crippen LogP contribution is 2.35. The largest absolute Gasteiger partial charge is 0.327 e. The summed E-state index contributed by atoms with van der Waals surface area (Å²) >= 11 is 11.9. The Hall–Kier alpha value is -1.48. The van der Waals surface area contributed by atoms with Crippen LogP contribution < -0.4 is 4.90 Å². The van der Waals surface area contributed by atoms with Gasteiger partial charge in [-0.3, -0.25) is 0 Å². The zero-order valence-electron chi connectivity index (χ0n) is 13.3. The highest BCUT2D eigenvalue weighted by atomic mass is 35.5. The molecule has 2 aromatic rings. The van der Waals surface area contributed by atoms with Gasteiger partial charge in [-0.15, -0.1) is 0 Å². The predicted octanol–water partition coefficient (Wildman–Crippen LogP) is 3.47. The van der Waals surface area contributed by atoms with Crippen LogP contribution in [0.5, 0.6) is 0 Å². The third-order valence-corrected chi connectivity index (χ3v) is 6.36. The molecule has 0 bridgehead atoms. The van der Waals surface area contributed by atoms with Gasteiger partial charge in [0.05, 0.1) is 11.9 Å². The summed E-state index contributed by atoms with van der Waals surface area (Å²) in [4.78, 5) is 9.13. The van der Waals surface area contributed by atoms with Gasteiger partial charge in [-0.1, -0.05) is 11.6 Å². The second-order valence-electron chi connectivity index (χ2n) is 5.59. The molecule has 1 aromatic heterocycles. The molecule has 0 aliphatic carbocycles. The third-order valence-electron chi connectivity index (χ3n) is 3.98. The highest BCUT2D eigenvalue weighted by molar-refractivity contribution is 7.89. The molecule has 1 fully saturated rings. The van der Waals surface area contributed by atoms with Crippen molar-refractivity contribution in [3.8, 4) is 0 Å². The number of aromatic nitrogens is 2. The van der Waals surface area contributed by atoms with E-state index in [1.807, 2.05) is 0 Å². The minimum atomic E-state index is -3.84. The molecule has 0 spiro atoms. The summed E-state index contributed by atoms with van der Waals surface area (Å²) in [7, 11) is -2.25. The Morgan fingerprint density at radius 3 is 2.60 bits per heavy atom. The second-order valence-corrected chi connectivity index (χ2v) is 8.24. The summed E-state index contributed by atoms with van der Waals surface area (Å²) in [6, 6.07) is 3.58. The number of halogens is 3. The quantitative estimate of drug-likeness (QED) is 0.729. The van der Waals surface area contributed by atoms with Crippen LogP contribution >= 0.6 is 23.2 Å². The number of hydrogen-bond acceptors (Lipinski definition) is 5. The standard InChI is InChI=1S/C15H15Cl2FN4O2S/c1-21(14-11(16)9-19-15(17)20-14)12-5-4-10(18)8-13(12)25(23,24)22-6-2-3-7-22/h4-5,8-9H,2-3,6-7H2,1H3. The lowest BCUT2D eigenvalue weighted by Crippen LogP contribution is -2.29. The van der Waals surface area contributed by atoms with Crippen molar-refractivity contribution in [3.63, 3.8) is 0 Å². The lowest BCUT2D eigenvalue weighted by Gasteiger charge is -2.24. The van der Waals surface area contributed by atoms with Crippen LogP contribution in [0.15, 0.2) is 29.3 Å². The molecule has 10 heteroatoms. The fourth-order valence-electron chi connectivity index (χ4n) is 2.73. The molecule has 1 aliphatic rings. The Morgan fingerprint density at radius 1 is 1.24 bits per heavy atom. The van der Waals surface area contributed by atoms with Gasteiger partial charge in [0, 0.05) is 20.1 Å². The zero-order chi connectivity index (χ0) is 18.2. The Balaban J connectivity index is 2.12. The van der Waals surface area contributed by atoms with E-state index in [4.69, 9.17) is 23.2 Å². The summed E-state index contributed by atoms with van der Waals surface area (Å²) in [6.07, 6.45) is 2.89. The first-order valence-electron chi connectivity index (χ1n) is 7.52. The fourth-order valence-corrected chi connectivity index (χ4v) is 4.82. The summed E-state index contributed by atoms with van der Waals surface area (Å²) < 4.78 is 41.0. The smallest absolute Gasteiger partial charge is 0.245 e. The SMILES string of the molecule is CN(c1ccc(F)cc1S(=O)(=O)N1CCCC1)c1nc(Cl)ncc1Cl. The molecule has 0 radical (unpaired) electrons. The van der Waals surface area contributed by atoms with Crippen molar-refractivity contribution in [2.45, 2.75) is 17.7 Å². The molecule has 0 N–H and O–H groups in total. The van der Waals surface area contributed by atoms with E-state index in [2.05, 4.69) is 9.97 Å². The Kier molecular flexibility index (Phi) is 5.15. The molecule has 1 aromatic carbocycles. The van der Waals surface area contributed by atoms with Crippen molar-refractivity contribution in [1.29, 1.82) is 0 Å². The van der Waals surface area contributed by atoms with E-state index < -0.39 is 15.8 Å². The van der Waals surface area contributed by atoms with Gasteiger partial charge >= 0.3 is 0 Å². The van der Waals surface area contributed by atoms with Crippen LogP contribution in [-0.4, -0.2) is 42.8 Å². The fraction of sp³-hybridized carbons (Fsp3) is 0.333. The van der Waals surface area contributed by atoms with Gasteiger partial charge in [-0.2, -0.15) is 9.29 Å². The molecular weight excluding hydrogens is 390 g/mol. The summed E-state index contributed by atoms with van der Waals surface area (Å²) in [5.74, 6) is -0.409. The zero-order valence-corrected chi connectivity index (χ0v) is 15.6. The van der Waals surface area contributed by atoms with Crippen LogP contribution in [0.2, 0.25) is 10.3 Å². The Bertz CT molecular complexity index is 904. The third kappa shape index (κ3) is 3.57. The summed E-state index contributed by atoms with van der Waals surface area (Å²) in [5.41, 5.74) is 0.255. The first kappa shape index (κ1) is 18.3. The van der Waals surface area contributed by atoms with E-state index >= 15 is 0 Å². The van der Waals surface area contributed by atoms with Gasteiger partial charge in [-0.05, 0) is 42.6 Å². The van der Waals surface area contributed by atoms with E-state index in [-0.39, 0.29) is 26.7 Å². The van der Waals surface area contributed by atoms with Gasteiger partial charge in [-0.25, -0.2) is 17.8 Å². The van der Waals surface area contributed by atoms with Crippen LogP contribution in [0.4, 0.5) is 15.9 Å². The minimum Gasteiger partial charge on any atom is -0.327 e. The average molecular weight is 405 g/mol. The number of benzene rings is 1. The Morgan fingerprint density at radius 2 is 1.92 bits per heavy atom. The van der Waals surface area contributed by atoms with Crippen molar-refractivity contribution in [2.24, 2.45) is 0 Å². The van der Waals surface area contributed by atoms with Gasteiger partial charge in [0.1, 0.15) is 15.7 Å². The molecule has 0 atom stereocenters. The highest BCUT2D eigenvalue weighted by Gasteiger charge is 2.31. The Labute approximate surface area is 155 Å². The topological polar surface area (TPSA) is 66.4 Å². The average Bonchev–Trinajstić information content (AvgIpc) is 3.12. The molecule has 1 aliphatic heterocycles. The number of rotatable bonds is 4. The van der Waals surface area contributed by atoms with Gasteiger partial charge < -0.3 is 4.90 Å². The lowest BCUT2D eigenvalue weighted by molar-refractivity contribution is 0.476. The molecule has 2 heterocycles. The maximum Gasteiger partial charge on any atom is 0.245 e. The van der Waals surface area contributed by atoms with Crippen molar-refractivity contribution < 1.29 is 12.8 Å². The molecule has 0 saturated carbocycles. The second kappa shape index (κ2) is 7.03. The van der Waals surface area contributed by atoms with Crippen molar-refractivity contribution in [3.05, 3.63) is 40.5 Å². The van der Waals surface area contributed by atoms with Crippen molar-refractivity contribution >= 4 is 44.7 Å². The minimum absolute atomic E-state index is 0.0303. The van der Waals surface area contributed by atoms with E-state index in [9.17, 15) is 12.8 Å². The van der Waals surface area contributed by atoms with Crippen LogP contribution in [0, 0.1) is 5.82 Å². The van der Waals surface area contributed by atoms with Crippen molar-refractivity contribution in [1.82, 2.24) is 14.3 Å². The summed E-state index contributed by atoms with van der Waals surface area (Å²) in [5, 5.41) is 0.165. The van der Waals surface area contributed by atoms with E-state index in [0.29, 0.717) is 13.1 Å². The molecule has 1 saturated heterocycles. The van der Waals surface area contributed by atoms with E-state index in [0.717, 1.165) is 18.9 Å². The monoisotopic (exact) mass is 404 g/mol.